The van der Waals surface area contributed by atoms with E-state index < -0.39 is 11.7 Å². The lowest BCUT2D eigenvalue weighted by molar-refractivity contribution is -0.137. The molecule has 0 aliphatic heterocycles. The van der Waals surface area contributed by atoms with Gasteiger partial charge in [-0.05, 0) is 31.9 Å². The zero-order valence-electron chi connectivity index (χ0n) is 10.4. The van der Waals surface area contributed by atoms with Crippen LogP contribution >= 0.6 is 0 Å². The summed E-state index contributed by atoms with van der Waals surface area (Å²) < 4.78 is 37.1. The zero-order valence-corrected chi connectivity index (χ0v) is 10.4. The van der Waals surface area contributed by atoms with Crippen molar-refractivity contribution >= 4 is 5.82 Å². The highest BCUT2D eigenvalue weighted by molar-refractivity contribution is 5.38. The molecule has 0 amide bonds. The maximum Gasteiger partial charge on any atom is 0.417 e. The third kappa shape index (κ3) is 3.87. The molecule has 0 aliphatic rings. The van der Waals surface area contributed by atoms with E-state index in [4.69, 9.17) is 5.11 Å². The number of nitrogens with zero attached hydrogens (tertiary/aromatic N) is 1. The van der Waals surface area contributed by atoms with Gasteiger partial charge in [0.15, 0.2) is 0 Å². The monoisotopic (exact) mass is 262 g/mol. The molecule has 3 nitrogen and oxygen atoms in total. The highest BCUT2D eigenvalue weighted by Gasteiger charge is 2.31. The zero-order chi connectivity index (χ0) is 13.8. The summed E-state index contributed by atoms with van der Waals surface area (Å²) in [6, 6.07) is 2.29. The second kappa shape index (κ2) is 5.56. The Labute approximate surface area is 104 Å². The molecule has 1 heterocycles. The summed E-state index contributed by atoms with van der Waals surface area (Å²) in [6.45, 7) is 3.84. The van der Waals surface area contributed by atoms with Crippen molar-refractivity contribution in [3.63, 3.8) is 0 Å². The quantitative estimate of drug-likeness (QED) is 0.857. The average Bonchev–Trinajstić information content (AvgIpc) is 2.29. The predicted octanol–water partition coefficient (Wildman–Crippen LogP) is 3.06. The average molecular weight is 262 g/mol. The van der Waals surface area contributed by atoms with Crippen LogP contribution in [0.1, 0.15) is 32.3 Å². The van der Waals surface area contributed by atoms with Gasteiger partial charge in [-0.1, -0.05) is 6.92 Å². The third-order valence-electron chi connectivity index (χ3n) is 2.96. The number of aliphatic hydroxyl groups excluding tert-OH is 1. The van der Waals surface area contributed by atoms with Gasteiger partial charge >= 0.3 is 6.18 Å². The molecule has 0 fully saturated rings. The van der Waals surface area contributed by atoms with Crippen LogP contribution in [0.2, 0.25) is 0 Å². The summed E-state index contributed by atoms with van der Waals surface area (Å²) >= 11 is 0. The lowest BCUT2D eigenvalue weighted by atomic mass is 9.95. The molecule has 0 spiro atoms. The Morgan fingerprint density at radius 2 is 2.00 bits per heavy atom. The number of aromatic nitrogens is 1. The molecule has 0 bridgehead atoms. The van der Waals surface area contributed by atoms with Crippen LogP contribution in [0.25, 0.3) is 0 Å². The van der Waals surface area contributed by atoms with E-state index in [1.807, 2.05) is 13.8 Å². The fourth-order valence-corrected chi connectivity index (χ4v) is 1.52. The molecule has 0 aromatic carbocycles. The van der Waals surface area contributed by atoms with Crippen LogP contribution in [0.15, 0.2) is 18.3 Å². The highest BCUT2D eigenvalue weighted by atomic mass is 19.4. The lowest BCUT2D eigenvalue weighted by Gasteiger charge is -2.29. The molecule has 1 atom stereocenters. The van der Waals surface area contributed by atoms with Gasteiger partial charge in [0.25, 0.3) is 0 Å². The number of hydrogen-bond donors (Lipinski definition) is 2. The van der Waals surface area contributed by atoms with Crippen molar-refractivity contribution in [3.8, 4) is 0 Å². The molecule has 0 saturated carbocycles. The second-order valence-corrected chi connectivity index (χ2v) is 4.44. The summed E-state index contributed by atoms with van der Waals surface area (Å²) in [5.41, 5.74) is -1.14. The van der Waals surface area contributed by atoms with E-state index in [1.54, 1.807) is 0 Å². The lowest BCUT2D eigenvalue weighted by Crippen LogP contribution is -2.35. The van der Waals surface area contributed by atoms with Gasteiger partial charge in [-0.3, -0.25) is 0 Å². The first kappa shape index (κ1) is 14.8. The molecule has 1 aromatic rings. The Morgan fingerprint density at radius 1 is 1.33 bits per heavy atom. The van der Waals surface area contributed by atoms with Crippen LogP contribution in [0.3, 0.4) is 0 Å². The number of anilines is 1. The summed E-state index contributed by atoms with van der Waals surface area (Å²) in [5.74, 6) is 0.376. The first-order chi connectivity index (χ1) is 8.30. The van der Waals surface area contributed by atoms with Gasteiger partial charge < -0.3 is 10.4 Å². The molecule has 1 unspecified atom stereocenters. The number of alkyl halides is 3. The normalized spacial score (nSPS) is 15.2. The molecule has 6 heteroatoms. The topological polar surface area (TPSA) is 45.1 Å². The van der Waals surface area contributed by atoms with Crippen LogP contribution in [0.5, 0.6) is 0 Å². The number of rotatable bonds is 5. The molecule has 0 aliphatic carbocycles. The van der Waals surface area contributed by atoms with E-state index in [0.717, 1.165) is 18.7 Å². The minimum absolute atomic E-state index is 0.0119. The van der Waals surface area contributed by atoms with Gasteiger partial charge in [0, 0.05) is 18.3 Å². The van der Waals surface area contributed by atoms with Crippen LogP contribution < -0.4 is 5.32 Å². The Bertz CT molecular complexity index is 378. The van der Waals surface area contributed by atoms with E-state index in [9.17, 15) is 13.2 Å². The maximum atomic E-state index is 12.4. The third-order valence-corrected chi connectivity index (χ3v) is 2.96. The number of aliphatic hydroxyl groups is 1. The van der Waals surface area contributed by atoms with E-state index in [1.165, 1.54) is 6.07 Å². The maximum absolute atomic E-state index is 12.4. The molecule has 18 heavy (non-hydrogen) atoms. The summed E-state index contributed by atoms with van der Waals surface area (Å²) in [7, 11) is 0. The summed E-state index contributed by atoms with van der Waals surface area (Å²) in [4.78, 5) is 3.75. The molecule has 2 N–H and O–H groups in total. The SMILES string of the molecule is CCC(C)(CCO)Nc1ccc(C(F)(F)F)cn1. The van der Waals surface area contributed by atoms with Gasteiger partial charge in [-0.2, -0.15) is 13.2 Å². The van der Waals surface area contributed by atoms with E-state index in [0.29, 0.717) is 12.2 Å². The molecule has 1 rings (SSSR count). The van der Waals surface area contributed by atoms with Crippen molar-refractivity contribution in [2.75, 3.05) is 11.9 Å². The second-order valence-electron chi connectivity index (χ2n) is 4.44. The van der Waals surface area contributed by atoms with Crippen molar-refractivity contribution in [2.24, 2.45) is 0 Å². The van der Waals surface area contributed by atoms with Gasteiger partial charge in [0.05, 0.1) is 5.56 Å². The fourth-order valence-electron chi connectivity index (χ4n) is 1.52. The number of halogens is 3. The summed E-state index contributed by atoms with van der Waals surface area (Å²) in [6.07, 6.45) is -2.33. The molecular weight excluding hydrogens is 245 g/mol. The largest absolute Gasteiger partial charge is 0.417 e. The minimum Gasteiger partial charge on any atom is -0.396 e. The van der Waals surface area contributed by atoms with Crippen LogP contribution in [-0.2, 0) is 6.18 Å². The molecule has 102 valence electrons. The minimum atomic E-state index is -4.37. The van der Waals surface area contributed by atoms with Gasteiger partial charge in [-0.25, -0.2) is 4.98 Å². The Morgan fingerprint density at radius 3 is 2.39 bits per heavy atom. The van der Waals surface area contributed by atoms with Crippen LogP contribution in [0, 0.1) is 0 Å². The molecule has 0 saturated heterocycles. The number of nitrogens with one attached hydrogen (secondary N) is 1. The van der Waals surface area contributed by atoms with Crippen molar-refractivity contribution in [3.05, 3.63) is 23.9 Å². The van der Waals surface area contributed by atoms with Crippen molar-refractivity contribution in [1.82, 2.24) is 4.98 Å². The predicted molar refractivity (Wildman–Crippen MR) is 63.3 cm³/mol. The smallest absolute Gasteiger partial charge is 0.396 e. The standard InChI is InChI=1S/C12H17F3N2O/c1-3-11(2,6-7-18)17-10-5-4-9(8-16-10)12(13,14)15/h4-5,8,18H,3,6-7H2,1-2H3,(H,16,17). The Kier molecular flexibility index (Phi) is 4.56. The number of hydrogen-bond acceptors (Lipinski definition) is 3. The van der Waals surface area contributed by atoms with E-state index in [-0.39, 0.29) is 12.1 Å². The Hall–Kier alpha value is -1.30. The van der Waals surface area contributed by atoms with Crippen LogP contribution in [-0.4, -0.2) is 22.2 Å². The highest BCUT2D eigenvalue weighted by Crippen LogP contribution is 2.29. The van der Waals surface area contributed by atoms with Crippen molar-refractivity contribution in [1.29, 1.82) is 0 Å². The molecule has 1 aromatic heterocycles. The van der Waals surface area contributed by atoms with Crippen molar-refractivity contribution < 1.29 is 18.3 Å². The van der Waals surface area contributed by atoms with Crippen molar-refractivity contribution in [2.45, 2.75) is 38.4 Å². The summed E-state index contributed by atoms with van der Waals surface area (Å²) in [5, 5.41) is 12.0. The first-order valence-corrected chi connectivity index (χ1v) is 5.73. The first-order valence-electron chi connectivity index (χ1n) is 5.73. The van der Waals surface area contributed by atoms with Gasteiger partial charge in [0.2, 0.25) is 0 Å². The number of pyridine rings is 1. The van der Waals surface area contributed by atoms with E-state index in [2.05, 4.69) is 10.3 Å². The van der Waals surface area contributed by atoms with Gasteiger partial charge in [0.1, 0.15) is 5.82 Å². The Balaban J connectivity index is 2.80. The fraction of sp³-hybridized carbons (Fsp3) is 0.583. The van der Waals surface area contributed by atoms with Gasteiger partial charge in [-0.15, -0.1) is 0 Å². The van der Waals surface area contributed by atoms with E-state index >= 15 is 0 Å². The van der Waals surface area contributed by atoms with Crippen LogP contribution in [0.4, 0.5) is 19.0 Å². The molecule has 0 radical (unpaired) electrons. The molecular formula is C12H17F3N2O.